The first-order chi connectivity index (χ1) is 8.47. The molecule has 94 valence electrons. The second-order valence-corrected chi connectivity index (χ2v) is 4.56. The van der Waals surface area contributed by atoms with Crippen LogP contribution in [0.15, 0.2) is 18.2 Å². The van der Waals surface area contributed by atoms with Crippen molar-refractivity contribution in [1.29, 1.82) is 0 Å². The van der Waals surface area contributed by atoms with Gasteiger partial charge >= 0.3 is 0 Å². The van der Waals surface area contributed by atoms with E-state index in [2.05, 4.69) is 15.5 Å². The van der Waals surface area contributed by atoms with E-state index in [1.165, 1.54) is 12.1 Å². The van der Waals surface area contributed by atoms with Crippen LogP contribution >= 0.6 is 23.2 Å². The van der Waals surface area contributed by atoms with Gasteiger partial charge in [-0.25, -0.2) is 0 Å². The first-order valence-electron chi connectivity index (χ1n) is 5.05. The van der Waals surface area contributed by atoms with E-state index in [1.807, 2.05) is 6.92 Å². The SMILES string of the molecule is Cc1cc(NC(=O)c2cc(Cl)c(N)c(Cl)c2)n[nH]1. The minimum Gasteiger partial charge on any atom is -0.396 e. The molecule has 1 amide bonds. The van der Waals surface area contributed by atoms with Crippen molar-refractivity contribution in [2.45, 2.75) is 6.92 Å². The number of amides is 1. The summed E-state index contributed by atoms with van der Waals surface area (Å²) < 4.78 is 0. The first kappa shape index (κ1) is 12.7. The van der Waals surface area contributed by atoms with Gasteiger partial charge in [0.15, 0.2) is 5.82 Å². The predicted octanol–water partition coefficient (Wildman–Crippen LogP) is 2.86. The van der Waals surface area contributed by atoms with Gasteiger partial charge in [0.1, 0.15) is 0 Å². The molecule has 0 spiro atoms. The number of rotatable bonds is 2. The highest BCUT2D eigenvalue weighted by Gasteiger charge is 2.12. The number of aryl methyl sites for hydroxylation is 1. The molecule has 1 aromatic heterocycles. The van der Waals surface area contributed by atoms with Crippen molar-refractivity contribution in [2.75, 3.05) is 11.1 Å². The molecule has 0 aliphatic rings. The van der Waals surface area contributed by atoms with E-state index < -0.39 is 0 Å². The molecule has 0 aliphatic carbocycles. The third-order valence-electron chi connectivity index (χ3n) is 2.29. The maximum atomic E-state index is 11.9. The normalized spacial score (nSPS) is 10.4. The van der Waals surface area contributed by atoms with Gasteiger partial charge in [0, 0.05) is 17.3 Å². The van der Waals surface area contributed by atoms with Crippen LogP contribution < -0.4 is 11.1 Å². The molecular weight excluding hydrogens is 275 g/mol. The number of aromatic amines is 1. The van der Waals surface area contributed by atoms with Crippen molar-refractivity contribution in [3.63, 3.8) is 0 Å². The van der Waals surface area contributed by atoms with Gasteiger partial charge in [-0.05, 0) is 19.1 Å². The fourth-order valence-electron chi connectivity index (χ4n) is 1.39. The minimum atomic E-state index is -0.356. The van der Waals surface area contributed by atoms with E-state index in [0.717, 1.165) is 5.69 Å². The molecule has 0 atom stereocenters. The Morgan fingerprint density at radius 2 is 1.94 bits per heavy atom. The number of H-pyrrole nitrogens is 1. The largest absolute Gasteiger partial charge is 0.396 e. The number of nitrogens with zero attached hydrogens (tertiary/aromatic N) is 1. The summed E-state index contributed by atoms with van der Waals surface area (Å²) in [5, 5.41) is 9.71. The number of halogens is 2. The fourth-order valence-corrected chi connectivity index (χ4v) is 1.87. The molecule has 0 radical (unpaired) electrons. The average molecular weight is 285 g/mol. The second-order valence-electron chi connectivity index (χ2n) is 3.74. The topological polar surface area (TPSA) is 83.8 Å². The Bertz CT molecular complexity index is 586. The molecule has 1 heterocycles. The zero-order valence-electron chi connectivity index (χ0n) is 9.42. The number of nitrogen functional groups attached to an aromatic ring is 1. The molecule has 0 saturated carbocycles. The van der Waals surface area contributed by atoms with Crippen molar-refractivity contribution < 1.29 is 4.79 Å². The lowest BCUT2D eigenvalue weighted by atomic mass is 10.2. The van der Waals surface area contributed by atoms with E-state index in [9.17, 15) is 4.79 Å². The maximum Gasteiger partial charge on any atom is 0.256 e. The van der Waals surface area contributed by atoms with Crippen LogP contribution in [0.5, 0.6) is 0 Å². The monoisotopic (exact) mass is 284 g/mol. The van der Waals surface area contributed by atoms with Crippen LogP contribution in [0.1, 0.15) is 16.1 Å². The highest BCUT2D eigenvalue weighted by atomic mass is 35.5. The summed E-state index contributed by atoms with van der Waals surface area (Å²) in [7, 11) is 0. The zero-order chi connectivity index (χ0) is 13.3. The Balaban J connectivity index is 2.24. The molecule has 0 aliphatic heterocycles. The summed E-state index contributed by atoms with van der Waals surface area (Å²) in [4.78, 5) is 11.9. The smallest absolute Gasteiger partial charge is 0.256 e. The quantitative estimate of drug-likeness (QED) is 0.742. The standard InChI is InChI=1S/C11H10Cl2N4O/c1-5-2-9(17-16-5)15-11(18)6-3-7(12)10(14)8(13)4-6/h2-4H,14H2,1H3,(H2,15,16,17,18). The van der Waals surface area contributed by atoms with Gasteiger partial charge in [0.05, 0.1) is 15.7 Å². The number of carbonyl (C=O) groups excluding carboxylic acids is 1. The number of aromatic nitrogens is 2. The number of carbonyl (C=O) groups is 1. The molecule has 0 bridgehead atoms. The molecule has 18 heavy (non-hydrogen) atoms. The van der Waals surface area contributed by atoms with Gasteiger partial charge in [-0.15, -0.1) is 0 Å². The van der Waals surface area contributed by atoms with Crippen molar-refractivity contribution in [2.24, 2.45) is 0 Å². The number of nitrogens with one attached hydrogen (secondary N) is 2. The lowest BCUT2D eigenvalue weighted by molar-refractivity contribution is 0.102. The number of nitrogens with two attached hydrogens (primary N) is 1. The van der Waals surface area contributed by atoms with Gasteiger partial charge in [-0.2, -0.15) is 5.10 Å². The summed E-state index contributed by atoms with van der Waals surface area (Å²) in [6.07, 6.45) is 0. The third kappa shape index (κ3) is 2.57. The predicted molar refractivity (Wildman–Crippen MR) is 72.2 cm³/mol. The van der Waals surface area contributed by atoms with Crippen molar-refractivity contribution in [3.8, 4) is 0 Å². The van der Waals surface area contributed by atoms with Crippen LogP contribution in [-0.4, -0.2) is 16.1 Å². The molecular formula is C11H10Cl2N4O. The van der Waals surface area contributed by atoms with Gasteiger partial charge in [0.25, 0.3) is 5.91 Å². The molecule has 4 N–H and O–H groups in total. The second kappa shape index (κ2) is 4.88. The van der Waals surface area contributed by atoms with E-state index in [4.69, 9.17) is 28.9 Å². The average Bonchev–Trinajstić information content (AvgIpc) is 2.71. The molecule has 0 fully saturated rings. The molecule has 1 aromatic carbocycles. The summed E-state index contributed by atoms with van der Waals surface area (Å²) in [6.45, 7) is 1.83. The van der Waals surface area contributed by atoms with Crippen LogP contribution in [0.2, 0.25) is 10.0 Å². The minimum absolute atomic E-state index is 0.242. The van der Waals surface area contributed by atoms with Crippen molar-refractivity contribution in [3.05, 3.63) is 39.5 Å². The first-order valence-corrected chi connectivity index (χ1v) is 5.81. The zero-order valence-corrected chi connectivity index (χ0v) is 10.9. The molecule has 0 unspecified atom stereocenters. The van der Waals surface area contributed by atoms with Crippen LogP contribution in [0.4, 0.5) is 11.5 Å². The lowest BCUT2D eigenvalue weighted by Crippen LogP contribution is -2.12. The van der Waals surface area contributed by atoms with E-state index >= 15 is 0 Å². The Morgan fingerprint density at radius 3 is 2.44 bits per heavy atom. The van der Waals surface area contributed by atoms with Gasteiger partial charge in [0.2, 0.25) is 0 Å². The van der Waals surface area contributed by atoms with Gasteiger partial charge in [-0.3, -0.25) is 9.89 Å². The number of hydrogen-bond acceptors (Lipinski definition) is 3. The third-order valence-corrected chi connectivity index (χ3v) is 2.91. The van der Waals surface area contributed by atoms with Crippen molar-refractivity contribution in [1.82, 2.24) is 10.2 Å². The molecule has 2 aromatic rings. The number of benzene rings is 1. The van der Waals surface area contributed by atoms with Gasteiger partial charge < -0.3 is 11.1 Å². The van der Waals surface area contributed by atoms with Crippen LogP contribution in [0.3, 0.4) is 0 Å². The van der Waals surface area contributed by atoms with E-state index in [1.54, 1.807) is 6.07 Å². The van der Waals surface area contributed by atoms with E-state index in [0.29, 0.717) is 11.4 Å². The Labute approximate surface area is 113 Å². The highest BCUT2D eigenvalue weighted by molar-refractivity contribution is 6.39. The van der Waals surface area contributed by atoms with E-state index in [-0.39, 0.29) is 21.6 Å². The Morgan fingerprint density at radius 1 is 1.33 bits per heavy atom. The summed E-state index contributed by atoms with van der Waals surface area (Å²) >= 11 is 11.7. The Kier molecular flexibility index (Phi) is 3.45. The van der Waals surface area contributed by atoms with Crippen LogP contribution in [-0.2, 0) is 0 Å². The Hall–Kier alpha value is -1.72. The van der Waals surface area contributed by atoms with Crippen LogP contribution in [0.25, 0.3) is 0 Å². The summed E-state index contributed by atoms with van der Waals surface area (Å²) in [5.74, 6) is 0.0758. The summed E-state index contributed by atoms with van der Waals surface area (Å²) in [6, 6.07) is 4.62. The van der Waals surface area contributed by atoms with Gasteiger partial charge in [-0.1, -0.05) is 23.2 Å². The maximum absolute atomic E-state index is 11.9. The molecule has 5 nitrogen and oxygen atoms in total. The number of hydrogen-bond donors (Lipinski definition) is 3. The molecule has 2 rings (SSSR count). The fraction of sp³-hybridized carbons (Fsp3) is 0.0909. The number of anilines is 2. The lowest BCUT2D eigenvalue weighted by Gasteiger charge is -2.06. The molecule has 7 heteroatoms. The van der Waals surface area contributed by atoms with Crippen molar-refractivity contribution >= 4 is 40.6 Å². The summed E-state index contributed by atoms with van der Waals surface area (Å²) in [5.41, 5.74) is 7.01. The van der Waals surface area contributed by atoms with Crippen LogP contribution in [0, 0.1) is 6.92 Å². The molecule has 0 saturated heterocycles. The highest BCUT2D eigenvalue weighted by Crippen LogP contribution is 2.29.